The molecule has 2 aromatic carbocycles. The minimum Gasteiger partial charge on any atom is -0.494 e. The van der Waals surface area contributed by atoms with Gasteiger partial charge in [-0.1, -0.05) is 31.2 Å². The van der Waals surface area contributed by atoms with Crippen LogP contribution in [0, 0.1) is 0 Å². The number of fused-ring (bicyclic) bond motifs is 1. The number of hydrogen-bond donors (Lipinski definition) is 5. The van der Waals surface area contributed by atoms with Crippen LogP contribution >= 0.6 is 7.82 Å². The number of carbonyl (C=O) groups is 1. The number of ether oxygens (including phenoxy) is 1. The van der Waals surface area contributed by atoms with Gasteiger partial charge in [0.15, 0.2) is 0 Å². The van der Waals surface area contributed by atoms with Gasteiger partial charge in [0.1, 0.15) is 17.1 Å². The first-order chi connectivity index (χ1) is 13.7. The molecular formula is C19H21N2O7P. The van der Waals surface area contributed by atoms with E-state index in [1.807, 2.05) is 42.5 Å². The number of para-hydroxylation sites is 1. The third-order valence-electron chi connectivity index (χ3n) is 3.55. The number of aromatic nitrogens is 2. The molecule has 0 radical (unpaired) electrons. The molecule has 0 amide bonds. The number of aromatic carboxylic acids is 1. The third kappa shape index (κ3) is 7.52. The standard InChI is InChI=1S/C19H18N2O3.H3O4P/c1-2-12-24-14-9-6-13(7-10-14)8-11-17-20-16-5-3-4-15(19(22)23)18(16)21-17;1-5(2,3)4/h3-11H,2,12H2,1H3,(H,20,21)(H,22,23);(H3,1,2,3,4). The number of carboxylic acids is 1. The Bertz CT molecular complexity index is 1030. The highest BCUT2D eigenvalue weighted by Crippen LogP contribution is 2.25. The molecule has 0 aliphatic carbocycles. The highest BCUT2D eigenvalue weighted by molar-refractivity contribution is 7.45. The summed E-state index contributed by atoms with van der Waals surface area (Å²) in [6, 6.07) is 12.8. The summed E-state index contributed by atoms with van der Waals surface area (Å²) in [5.74, 6) is 0.485. The van der Waals surface area contributed by atoms with Gasteiger partial charge in [-0.25, -0.2) is 14.3 Å². The number of rotatable bonds is 6. The molecule has 9 nitrogen and oxygen atoms in total. The lowest BCUT2D eigenvalue weighted by molar-refractivity contribution is 0.0698. The van der Waals surface area contributed by atoms with Crippen molar-refractivity contribution < 1.29 is 33.9 Å². The van der Waals surface area contributed by atoms with Crippen molar-refractivity contribution in [2.45, 2.75) is 13.3 Å². The third-order valence-corrected chi connectivity index (χ3v) is 3.55. The lowest BCUT2D eigenvalue weighted by atomic mass is 10.2. The van der Waals surface area contributed by atoms with Crippen molar-refractivity contribution in [2.75, 3.05) is 6.61 Å². The summed E-state index contributed by atoms with van der Waals surface area (Å²) in [5.41, 5.74) is 2.38. The molecule has 0 aliphatic rings. The van der Waals surface area contributed by atoms with Gasteiger partial charge in [-0.2, -0.15) is 0 Å². The Balaban J connectivity index is 0.000000537. The molecule has 0 atom stereocenters. The summed E-state index contributed by atoms with van der Waals surface area (Å²) in [7, 11) is -4.64. The van der Waals surface area contributed by atoms with E-state index < -0.39 is 13.8 Å². The summed E-state index contributed by atoms with van der Waals surface area (Å²) < 4.78 is 14.4. The van der Waals surface area contributed by atoms with Crippen molar-refractivity contribution >= 4 is 37.0 Å². The largest absolute Gasteiger partial charge is 0.494 e. The second-order valence-corrected chi connectivity index (χ2v) is 6.92. The Morgan fingerprint density at radius 1 is 1.14 bits per heavy atom. The second kappa shape index (κ2) is 9.99. The van der Waals surface area contributed by atoms with Crippen molar-refractivity contribution in [2.24, 2.45) is 0 Å². The fourth-order valence-electron chi connectivity index (χ4n) is 2.37. The molecule has 0 saturated carbocycles. The molecule has 1 heterocycles. The fourth-order valence-corrected chi connectivity index (χ4v) is 2.37. The molecule has 1 aromatic heterocycles. The van der Waals surface area contributed by atoms with Gasteiger partial charge in [-0.15, -0.1) is 0 Å². The van der Waals surface area contributed by atoms with Gasteiger partial charge in [0.25, 0.3) is 0 Å². The quantitative estimate of drug-likeness (QED) is 0.381. The maximum atomic E-state index is 11.2. The van der Waals surface area contributed by atoms with Crippen LogP contribution in [0.25, 0.3) is 23.2 Å². The number of nitrogens with zero attached hydrogens (tertiary/aromatic N) is 1. The summed E-state index contributed by atoms with van der Waals surface area (Å²) in [6.45, 7) is 2.78. The van der Waals surface area contributed by atoms with E-state index in [1.165, 1.54) is 0 Å². The predicted octanol–water partition coefficient (Wildman–Crippen LogP) is 3.29. The van der Waals surface area contributed by atoms with Crippen LogP contribution < -0.4 is 4.74 Å². The van der Waals surface area contributed by atoms with Crippen molar-refractivity contribution in [3.05, 3.63) is 59.4 Å². The number of aromatic amines is 1. The number of imidazole rings is 1. The summed E-state index contributed by atoms with van der Waals surface area (Å²) >= 11 is 0. The monoisotopic (exact) mass is 420 g/mol. The number of H-pyrrole nitrogens is 1. The van der Waals surface area contributed by atoms with E-state index in [2.05, 4.69) is 16.9 Å². The molecule has 3 aromatic rings. The average molecular weight is 420 g/mol. The molecule has 0 unspecified atom stereocenters. The first-order valence-electron chi connectivity index (χ1n) is 8.58. The topological polar surface area (TPSA) is 153 Å². The maximum Gasteiger partial charge on any atom is 0.466 e. The van der Waals surface area contributed by atoms with Crippen LogP contribution in [0.4, 0.5) is 0 Å². The van der Waals surface area contributed by atoms with E-state index in [9.17, 15) is 9.90 Å². The van der Waals surface area contributed by atoms with Crippen molar-refractivity contribution in [1.29, 1.82) is 0 Å². The fraction of sp³-hybridized carbons (Fsp3) is 0.158. The number of hydrogen-bond acceptors (Lipinski definition) is 4. The highest BCUT2D eigenvalue weighted by atomic mass is 31.2. The van der Waals surface area contributed by atoms with Crippen LogP contribution in [0.5, 0.6) is 5.75 Å². The summed E-state index contributed by atoms with van der Waals surface area (Å²) in [6.07, 6.45) is 4.72. The van der Waals surface area contributed by atoms with Crippen molar-refractivity contribution in [3.63, 3.8) is 0 Å². The first kappa shape index (κ1) is 22.3. The Morgan fingerprint density at radius 2 is 1.79 bits per heavy atom. The zero-order valence-corrected chi connectivity index (χ0v) is 16.4. The molecule has 154 valence electrons. The maximum absolute atomic E-state index is 11.2. The average Bonchev–Trinajstić information content (AvgIpc) is 3.07. The van der Waals surface area contributed by atoms with Gasteiger partial charge >= 0.3 is 13.8 Å². The van der Waals surface area contributed by atoms with Crippen LogP contribution in [0.3, 0.4) is 0 Å². The Morgan fingerprint density at radius 3 is 2.38 bits per heavy atom. The van der Waals surface area contributed by atoms with Crippen LogP contribution in [-0.2, 0) is 4.57 Å². The van der Waals surface area contributed by atoms with E-state index in [1.54, 1.807) is 12.1 Å². The van der Waals surface area contributed by atoms with Gasteiger partial charge in [0.05, 0.1) is 17.7 Å². The highest BCUT2D eigenvalue weighted by Gasteiger charge is 2.11. The van der Waals surface area contributed by atoms with E-state index >= 15 is 0 Å². The smallest absolute Gasteiger partial charge is 0.466 e. The zero-order valence-electron chi connectivity index (χ0n) is 15.5. The van der Waals surface area contributed by atoms with Crippen LogP contribution in [-0.4, -0.2) is 42.3 Å². The molecule has 0 bridgehead atoms. The van der Waals surface area contributed by atoms with Gasteiger partial charge in [-0.05, 0) is 42.3 Å². The first-order valence-corrected chi connectivity index (χ1v) is 10.1. The Labute approximate surface area is 166 Å². The molecule has 0 spiro atoms. The van der Waals surface area contributed by atoms with E-state index in [4.69, 9.17) is 24.0 Å². The van der Waals surface area contributed by atoms with Crippen molar-refractivity contribution in [1.82, 2.24) is 9.97 Å². The van der Waals surface area contributed by atoms with Gasteiger partial charge in [0, 0.05) is 0 Å². The van der Waals surface area contributed by atoms with Crippen LogP contribution in [0.15, 0.2) is 42.5 Å². The minimum absolute atomic E-state index is 0.195. The van der Waals surface area contributed by atoms with Gasteiger partial charge < -0.3 is 29.5 Å². The number of benzene rings is 2. The van der Waals surface area contributed by atoms with Crippen molar-refractivity contribution in [3.8, 4) is 5.75 Å². The molecule has 29 heavy (non-hydrogen) atoms. The Kier molecular flexibility index (Phi) is 7.69. The molecule has 0 saturated heterocycles. The SMILES string of the molecule is CCCOc1ccc(C=Cc2nc3c(C(=O)O)cccc3[nH]2)cc1.O=P(O)(O)O. The molecule has 0 fully saturated rings. The van der Waals surface area contributed by atoms with E-state index in [0.717, 1.165) is 17.7 Å². The molecular weight excluding hydrogens is 399 g/mol. The van der Waals surface area contributed by atoms with Crippen LogP contribution in [0.1, 0.15) is 35.1 Å². The second-order valence-electron chi connectivity index (χ2n) is 5.89. The lowest BCUT2D eigenvalue weighted by Crippen LogP contribution is -1.96. The van der Waals surface area contributed by atoms with Gasteiger partial charge in [0.2, 0.25) is 0 Å². The molecule has 10 heteroatoms. The normalized spacial score (nSPS) is 11.3. The number of phosphoric acid groups is 1. The van der Waals surface area contributed by atoms with E-state index in [0.29, 0.717) is 23.5 Å². The molecule has 0 aliphatic heterocycles. The molecule has 5 N–H and O–H groups in total. The Hall–Kier alpha value is -2.97. The number of nitrogens with one attached hydrogen (secondary N) is 1. The zero-order chi connectivity index (χ0) is 21.4. The van der Waals surface area contributed by atoms with E-state index in [-0.39, 0.29) is 5.56 Å². The van der Waals surface area contributed by atoms with Gasteiger partial charge in [-0.3, -0.25) is 0 Å². The van der Waals surface area contributed by atoms with Crippen LogP contribution in [0.2, 0.25) is 0 Å². The summed E-state index contributed by atoms with van der Waals surface area (Å²) in [5, 5.41) is 9.20. The predicted molar refractivity (Wildman–Crippen MR) is 108 cm³/mol. The lowest BCUT2D eigenvalue weighted by Gasteiger charge is -2.03. The minimum atomic E-state index is -4.64. The summed E-state index contributed by atoms with van der Waals surface area (Å²) in [4.78, 5) is 40.3. The molecule has 3 rings (SSSR count). The number of carboxylic acid groups (broad SMARTS) is 1.